The van der Waals surface area contributed by atoms with Crippen molar-refractivity contribution in [3.63, 3.8) is 0 Å². The van der Waals surface area contributed by atoms with E-state index < -0.39 is 0 Å². The van der Waals surface area contributed by atoms with Crippen molar-refractivity contribution in [2.75, 3.05) is 31.2 Å². The van der Waals surface area contributed by atoms with Gasteiger partial charge in [-0.1, -0.05) is 0 Å². The smallest absolute Gasteiger partial charge is 0.205 e. The zero-order valence-electron chi connectivity index (χ0n) is 13.6. The normalized spacial score (nSPS) is 22.6. The number of nitrogens with zero attached hydrogens (tertiary/aromatic N) is 5. The van der Waals surface area contributed by atoms with Crippen LogP contribution in [-0.2, 0) is 4.74 Å². The Kier molecular flexibility index (Phi) is 3.70. The summed E-state index contributed by atoms with van der Waals surface area (Å²) in [5, 5.41) is 1.04. The Morgan fingerprint density at radius 2 is 1.67 bits per heavy atom. The molecule has 2 aromatic heterocycles. The lowest BCUT2D eigenvalue weighted by atomic mass is 9.99. The van der Waals surface area contributed by atoms with Crippen molar-refractivity contribution < 1.29 is 4.74 Å². The monoisotopic (exact) mass is 343 g/mol. The van der Waals surface area contributed by atoms with Gasteiger partial charge in [0.15, 0.2) is 0 Å². The summed E-state index contributed by atoms with van der Waals surface area (Å²) in [6.45, 7) is 3.56. The van der Waals surface area contributed by atoms with Gasteiger partial charge in [0.2, 0.25) is 5.13 Å². The van der Waals surface area contributed by atoms with Gasteiger partial charge in [-0.3, -0.25) is 0 Å². The fourth-order valence-corrected chi connectivity index (χ4v) is 4.22. The first kappa shape index (κ1) is 14.7. The van der Waals surface area contributed by atoms with Crippen LogP contribution in [0.3, 0.4) is 0 Å². The van der Waals surface area contributed by atoms with Gasteiger partial charge >= 0.3 is 0 Å². The summed E-state index contributed by atoms with van der Waals surface area (Å²) in [4.78, 5) is 16.2. The highest BCUT2D eigenvalue weighted by atomic mass is 32.1. The lowest BCUT2D eigenvalue weighted by Gasteiger charge is -2.37. The lowest BCUT2D eigenvalue weighted by molar-refractivity contribution is 0.0838. The van der Waals surface area contributed by atoms with E-state index in [1.54, 1.807) is 0 Å². The van der Waals surface area contributed by atoms with Gasteiger partial charge in [0.25, 0.3) is 0 Å². The molecule has 24 heavy (non-hydrogen) atoms. The number of hydrogen-bond donors (Lipinski definition) is 0. The minimum atomic E-state index is 0.425. The molecule has 5 rings (SSSR count). The molecule has 6 nitrogen and oxygen atoms in total. The quantitative estimate of drug-likeness (QED) is 0.850. The Balaban J connectivity index is 1.20. The van der Waals surface area contributed by atoms with E-state index in [9.17, 15) is 0 Å². The van der Waals surface area contributed by atoms with Crippen LogP contribution < -0.4 is 4.90 Å². The molecule has 7 heteroatoms. The summed E-state index contributed by atoms with van der Waals surface area (Å²) >= 11 is 1.52. The molecule has 126 valence electrons. The maximum atomic E-state index is 5.42. The third-order valence-electron chi connectivity index (χ3n) is 5.28. The summed E-state index contributed by atoms with van der Waals surface area (Å²) in [5.41, 5.74) is 1.31. The van der Waals surface area contributed by atoms with Gasteiger partial charge in [-0.25, -0.2) is 15.0 Å². The SMILES string of the molecule is c1nc(C2CN(c3nc(C4CCOCC4)ns3)C2)ncc1C1CC1. The molecule has 1 aliphatic carbocycles. The molecule has 1 saturated carbocycles. The van der Waals surface area contributed by atoms with Crippen LogP contribution in [0.4, 0.5) is 5.13 Å². The minimum absolute atomic E-state index is 0.425. The number of rotatable bonds is 4. The van der Waals surface area contributed by atoms with Crippen LogP contribution in [0.2, 0.25) is 0 Å². The second kappa shape index (κ2) is 6.04. The molecule has 0 amide bonds. The van der Waals surface area contributed by atoms with Gasteiger partial charge in [-0.05, 0) is 37.2 Å². The molecule has 2 aromatic rings. The molecule has 0 unspecified atom stereocenters. The Bertz CT molecular complexity index is 702. The molecule has 2 saturated heterocycles. The molecule has 3 fully saturated rings. The molecule has 3 aliphatic rings. The van der Waals surface area contributed by atoms with E-state index in [0.717, 1.165) is 61.8 Å². The van der Waals surface area contributed by atoms with Crippen molar-refractivity contribution in [1.82, 2.24) is 19.3 Å². The predicted octanol–water partition coefficient (Wildman–Crippen LogP) is 2.70. The molecule has 0 N–H and O–H groups in total. The van der Waals surface area contributed by atoms with Gasteiger partial charge < -0.3 is 9.64 Å². The van der Waals surface area contributed by atoms with Crippen molar-refractivity contribution in [1.29, 1.82) is 0 Å². The molecule has 0 atom stereocenters. The van der Waals surface area contributed by atoms with Crippen LogP contribution >= 0.6 is 11.5 Å². The highest BCUT2D eigenvalue weighted by molar-refractivity contribution is 7.09. The summed E-state index contributed by atoms with van der Waals surface area (Å²) in [6, 6.07) is 0. The van der Waals surface area contributed by atoms with E-state index in [1.165, 1.54) is 29.9 Å². The zero-order valence-corrected chi connectivity index (χ0v) is 14.4. The van der Waals surface area contributed by atoms with Crippen LogP contribution in [0.1, 0.15) is 60.6 Å². The average molecular weight is 343 g/mol. The topological polar surface area (TPSA) is 64.0 Å². The van der Waals surface area contributed by atoms with Crippen molar-refractivity contribution in [2.24, 2.45) is 0 Å². The standard InChI is InChI=1S/C17H21N5OS/c1-2-11(1)13-7-18-15(19-8-13)14-9-22(10-14)17-20-16(21-24-17)12-3-5-23-6-4-12/h7-8,11-12,14H,1-6,9-10H2. The van der Waals surface area contributed by atoms with Crippen LogP contribution in [0.25, 0.3) is 0 Å². The van der Waals surface area contributed by atoms with E-state index in [1.807, 2.05) is 12.4 Å². The number of ether oxygens (including phenoxy) is 1. The van der Waals surface area contributed by atoms with Crippen molar-refractivity contribution in [3.8, 4) is 0 Å². The summed E-state index contributed by atoms with van der Waals surface area (Å²) < 4.78 is 10.0. The van der Waals surface area contributed by atoms with E-state index in [2.05, 4.69) is 19.2 Å². The second-order valence-corrected chi connectivity index (χ2v) is 7.80. The maximum absolute atomic E-state index is 5.42. The Morgan fingerprint density at radius 1 is 0.917 bits per heavy atom. The summed E-state index contributed by atoms with van der Waals surface area (Å²) in [6.07, 6.45) is 8.73. The minimum Gasteiger partial charge on any atom is -0.381 e. The van der Waals surface area contributed by atoms with Crippen LogP contribution in [-0.4, -0.2) is 45.6 Å². The Labute approximate surface area is 145 Å². The summed E-state index contributed by atoms with van der Waals surface area (Å²) in [7, 11) is 0. The molecule has 4 heterocycles. The first-order chi connectivity index (χ1) is 11.9. The maximum Gasteiger partial charge on any atom is 0.205 e. The highest BCUT2D eigenvalue weighted by Gasteiger charge is 2.33. The molecule has 0 spiro atoms. The molecular weight excluding hydrogens is 322 g/mol. The van der Waals surface area contributed by atoms with Gasteiger partial charge in [-0.2, -0.15) is 4.37 Å². The number of anilines is 1. The van der Waals surface area contributed by atoms with Crippen LogP contribution in [0.5, 0.6) is 0 Å². The second-order valence-electron chi connectivity index (χ2n) is 7.07. The lowest BCUT2D eigenvalue weighted by Crippen LogP contribution is -2.45. The Hall–Kier alpha value is -1.60. The summed E-state index contributed by atoms with van der Waals surface area (Å²) in [5.74, 6) is 3.60. The largest absolute Gasteiger partial charge is 0.381 e. The van der Waals surface area contributed by atoms with Crippen molar-refractivity contribution in [3.05, 3.63) is 29.6 Å². The third-order valence-corrected chi connectivity index (χ3v) is 6.07. The number of aromatic nitrogens is 4. The first-order valence-electron chi connectivity index (χ1n) is 8.85. The van der Waals surface area contributed by atoms with E-state index >= 15 is 0 Å². The average Bonchev–Trinajstić information content (AvgIpc) is 3.33. The van der Waals surface area contributed by atoms with Gasteiger partial charge in [0.05, 0.1) is 5.92 Å². The third kappa shape index (κ3) is 2.80. The molecule has 0 radical (unpaired) electrons. The molecule has 0 aromatic carbocycles. The van der Waals surface area contributed by atoms with Gasteiger partial charge in [-0.15, -0.1) is 0 Å². The fourth-order valence-electron chi connectivity index (χ4n) is 3.46. The molecular formula is C17H21N5OS. The van der Waals surface area contributed by atoms with E-state index in [0.29, 0.717) is 11.8 Å². The van der Waals surface area contributed by atoms with Gasteiger partial charge in [0.1, 0.15) is 11.6 Å². The zero-order chi connectivity index (χ0) is 15.9. The van der Waals surface area contributed by atoms with Crippen LogP contribution in [0, 0.1) is 0 Å². The highest BCUT2D eigenvalue weighted by Crippen LogP contribution is 2.40. The van der Waals surface area contributed by atoms with Crippen molar-refractivity contribution in [2.45, 2.75) is 43.4 Å². The Morgan fingerprint density at radius 3 is 2.38 bits per heavy atom. The predicted molar refractivity (Wildman–Crippen MR) is 91.7 cm³/mol. The fraction of sp³-hybridized carbons (Fsp3) is 0.647. The van der Waals surface area contributed by atoms with E-state index in [-0.39, 0.29) is 0 Å². The van der Waals surface area contributed by atoms with Crippen molar-refractivity contribution >= 4 is 16.7 Å². The number of hydrogen-bond acceptors (Lipinski definition) is 7. The molecule has 2 aliphatic heterocycles. The first-order valence-corrected chi connectivity index (χ1v) is 9.62. The van der Waals surface area contributed by atoms with Gasteiger partial charge in [0, 0.05) is 56.1 Å². The van der Waals surface area contributed by atoms with E-state index in [4.69, 9.17) is 9.72 Å². The van der Waals surface area contributed by atoms with Crippen LogP contribution in [0.15, 0.2) is 12.4 Å². The molecule has 0 bridgehead atoms.